The standard InChI is InChI=1S/C19H34S2/c1-12(20)7-6-8-14-11-15(13(14)2)18-16-9-4-5-10-17(18)19(16,3)21/h12-18,20-21H,4-11H2,1-3H3. The molecule has 21 heavy (non-hydrogen) atoms. The Balaban J connectivity index is 1.53. The summed E-state index contributed by atoms with van der Waals surface area (Å²) < 4.78 is 0.355. The van der Waals surface area contributed by atoms with Crippen LogP contribution in [0.4, 0.5) is 0 Å². The molecule has 0 amide bonds. The van der Waals surface area contributed by atoms with Crippen LogP contribution in [0.15, 0.2) is 0 Å². The summed E-state index contributed by atoms with van der Waals surface area (Å²) in [5.41, 5.74) is 0. The van der Waals surface area contributed by atoms with Crippen LogP contribution >= 0.6 is 25.3 Å². The zero-order valence-corrected chi connectivity index (χ0v) is 15.9. The van der Waals surface area contributed by atoms with Crippen molar-refractivity contribution in [2.24, 2.45) is 35.5 Å². The second-order valence-electron chi connectivity index (χ2n) is 8.60. The van der Waals surface area contributed by atoms with E-state index in [1.807, 2.05) is 0 Å². The second-order valence-corrected chi connectivity index (χ2v) is 10.4. The molecule has 3 aliphatic carbocycles. The number of hydrogen-bond acceptors (Lipinski definition) is 2. The third-order valence-electron chi connectivity index (χ3n) is 7.40. The molecule has 3 saturated carbocycles. The van der Waals surface area contributed by atoms with Crippen molar-refractivity contribution in [1.29, 1.82) is 0 Å². The Morgan fingerprint density at radius 1 is 1.19 bits per heavy atom. The van der Waals surface area contributed by atoms with Crippen LogP contribution in [0.5, 0.6) is 0 Å². The fourth-order valence-electron chi connectivity index (χ4n) is 6.01. The maximum Gasteiger partial charge on any atom is 0.0163 e. The van der Waals surface area contributed by atoms with Crippen molar-refractivity contribution < 1.29 is 0 Å². The zero-order chi connectivity index (χ0) is 15.2. The normalized spacial score (nSPS) is 50.7. The molecule has 0 aliphatic heterocycles. The van der Waals surface area contributed by atoms with Gasteiger partial charge in [-0.3, -0.25) is 0 Å². The Labute approximate surface area is 143 Å². The zero-order valence-electron chi connectivity index (χ0n) is 14.1. The first-order valence-corrected chi connectivity index (χ1v) is 10.3. The van der Waals surface area contributed by atoms with E-state index in [-0.39, 0.29) is 0 Å². The van der Waals surface area contributed by atoms with Crippen LogP contribution in [0, 0.1) is 35.5 Å². The minimum absolute atomic E-state index is 0.355. The molecule has 0 radical (unpaired) electrons. The predicted molar refractivity (Wildman–Crippen MR) is 99.4 cm³/mol. The Bertz CT molecular complexity index is 347. The van der Waals surface area contributed by atoms with Crippen molar-refractivity contribution >= 4 is 25.3 Å². The van der Waals surface area contributed by atoms with E-state index in [1.165, 1.54) is 51.4 Å². The molecule has 3 rings (SSSR count). The molecular formula is C19H34S2. The Morgan fingerprint density at radius 3 is 2.33 bits per heavy atom. The summed E-state index contributed by atoms with van der Waals surface area (Å²) in [7, 11) is 0. The first kappa shape index (κ1) is 16.6. The van der Waals surface area contributed by atoms with Crippen LogP contribution in [0.2, 0.25) is 0 Å². The van der Waals surface area contributed by atoms with Crippen LogP contribution in [0.3, 0.4) is 0 Å². The molecule has 0 heterocycles. The fourth-order valence-corrected chi connectivity index (χ4v) is 6.79. The van der Waals surface area contributed by atoms with E-state index in [0.717, 1.165) is 35.5 Å². The van der Waals surface area contributed by atoms with Gasteiger partial charge in [0, 0.05) is 4.75 Å². The first-order valence-electron chi connectivity index (χ1n) is 9.33. The molecule has 0 aromatic carbocycles. The van der Waals surface area contributed by atoms with Crippen molar-refractivity contribution in [2.75, 3.05) is 0 Å². The Morgan fingerprint density at radius 2 is 1.81 bits per heavy atom. The average molecular weight is 327 g/mol. The fraction of sp³-hybridized carbons (Fsp3) is 1.00. The SMILES string of the molecule is CC(S)CCCC1CC(C2C3CCCCC2C3(C)S)C1C. The predicted octanol–water partition coefficient (Wildman–Crippen LogP) is 5.87. The summed E-state index contributed by atoms with van der Waals surface area (Å²) in [6.07, 6.45) is 11.5. The quantitative estimate of drug-likeness (QED) is 0.580. The van der Waals surface area contributed by atoms with E-state index in [1.54, 1.807) is 0 Å². The summed E-state index contributed by atoms with van der Waals surface area (Å²) in [6, 6.07) is 0. The van der Waals surface area contributed by atoms with Crippen molar-refractivity contribution in [1.82, 2.24) is 0 Å². The molecule has 122 valence electrons. The van der Waals surface area contributed by atoms with Gasteiger partial charge in [-0.25, -0.2) is 0 Å². The highest BCUT2D eigenvalue weighted by Crippen LogP contribution is 2.66. The highest BCUT2D eigenvalue weighted by atomic mass is 32.1. The lowest BCUT2D eigenvalue weighted by Crippen LogP contribution is -2.62. The van der Waals surface area contributed by atoms with E-state index in [2.05, 4.69) is 33.4 Å². The molecule has 0 aromatic rings. The lowest BCUT2D eigenvalue weighted by Gasteiger charge is -2.64. The third kappa shape index (κ3) is 2.93. The van der Waals surface area contributed by atoms with Gasteiger partial charge in [0.05, 0.1) is 0 Å². The summed E-state index contributed by atoms with van der Waals surface area (Å²) in [5.74, 6) is 5.86. The molecule has 3 fully saturated rings. The van der Waals surface area contributed by atoms with Crippen LogP contribution in [0.25, 0.3) is 0 Å². The van der Waals surface area contributed by atoms with Gasteiger partial charge in [0.2, 0.25) is 0 Å². The number of fused-ring (bicyclic) bond motifs is 2. The van der Waals surface area contributed by atoms with Gasteiger partial charge >= 0.3 is 0 Å². The number of thiol groups is 2. The van der Waals surface area contributed by atoms with Crippen LogP contribution in [-0.4, -0.2) is 10.00 Å². The van der Waals surface area contributed by atoms with Crippen molar-refractivity contribution in [3.63, 3.8) is 0 Å². The van der Waals surface area contributed by atoms with E-state index >= 15 is 0 Å². The molecule has 6 atom stereocenters. The minimum atomic E-state index is 0.355. The monoisotopic (exact) mass is 326 g/mol. The average Bonchev–Trinajstić information content (AvgIpc) is 2.73. The molecule has 6 unspecified atom stereocenters. The lowest BCUT2D eigenvalue weighted by atomic mass is 9.45. The van der Waals surface area contributed by atoms with E-state index < -0.39 is 0 Å². The van der Waals surface area contributed by atoms with Crippen molar-refractivity contribution in [3.05, 3.63) is 0 Å². The topological polar surface area (TPSA) is 0 Å². The summed E-state index contributed by atoms with van der Waals surface area (Å²) in [4.78, 5) is 0. The van der Waals surface area contributed by atoms with Crippen molar-refractivity contribution in [2.45, 2.75) is 82.1 Å². The van der Waals surface area contributed by atoms with Gasteiger partial charge < -0.3 is 0 Å². The Hall–Kier alpha value is 0.700. The molecule has 0 aromatic heterocycles. The lowest BCUT2D eigenvalue weighted by molar-refractivity contribution is -0.0981. The van der Waals surface area contributed by atoms with Gasteiger partial charge in [-0.1, -0.05) is 46.5 Å². The van der Waals surface area contributed by atoms with Crippen LogP contribution < -0.4 is 0 Å². The molecule has 2 bridgehead atoms. The van der Waals surface area contributed by atoms with Gasteiger partial charge in [0.1, 0.15) is 0 Å². The second kappa shape index (κ2) is 6.30. The molecule has 3 aliphatic rings. The van der Waals surface area contributed by atoms with Gasteiger partial charge in [-0.15, -0.1) is 0 Å². The molecular weight excluding hydrogens is 292 g/mol. The number of hydrogen-bond donors (Lipinski definition) is 2. The largest absolute Gasteiger partial charge is 0.176 e. The van der Waals surface area contributed by atoms with Crippen LogP contribution in [0.1, 0.15) is 72.1 Å². The number of rotatable bonds is 5. The first-order chi connectivity index (χ1) is 9.93. The maximum absolute atomic E-state index is 5.07. The van der Waals surface area contributed by atoms with Gasteiger partial charge in [-0.2, -0.15) is 25.3 Å². The highest BCUT2D eigenvalue weighted by Gasteiger charge is 2.61. The van der Waals surface area contributed by atoms with E-state index in [4.69, 9.17) is 12.6 Å². The van der Waals surface area contributed by atoms with Gasteiger partial charge in [-0.05, 0) is 66.4 Å². The van der Waals surface area contributed by atoms with E-state index in [9.17, 15) is 0 Å². The maximum atomic E-state index is 5.07. The van der Waals surface area contributed by atoms with Gasteiger partial charge in [0.15, 0.2) is 0 Å². The molecule has 0 N–H and O–H groups in total. The van der Waals surface area contributed by atoms with Gasteiger partial charge in [0.25, 0.3) is 0 Å². The highest BCUT2D eigenvalue weighted by molar-refractivity contribution is 7.81. The molecule has 0 saturated heterocycles. The minimum Gasteiger partial charge on any atom is -0.176 e. The summed E-state index contributed by atoms with van der Waals surface area (Å²) in [5, 5.41) is 0.579. The summed E-state index contributed by atoms with van der Waals surface area (Å²) in [6.45, 7) is 7.20. The molecule has 2 heteroatoms. The van der Waals surface area contributed by atoms with Crippen molar-refractivity contribution in [3.8, 4) is 0 Å². The third-order valence-corrected chi connectivity index (χ3v) is 8.32. The summed E-state index contributed by atoms with van der Waals surface area (Å²) >= 11 is 9.58. The van der Waals surface area contributed by atoms with E-state index in [0.29, 0.717) is 10.00 Å². The smallest absolute Gasteiger partial charge is 0.0163 e. The Kier molecular flexibility index (Phi) is 4.97. The molecule has 0 nitrogen and oxygen atoms in total. The van der Waals surface area contributed by atoms with Crippen LogP contribution in [-0.2, 0) is 0 Å². The molecule has 0 spiro atoms.